The van der Waals surface area contributed by atoms with Gasteiger partial charge in [-0.15, -0.1) is 0 Å². The zero-order valence-electron chi connectivity index (χ0n) is 8.72. The van der Waals surface area contributed by atoms with E-state index in [1.807, 2.05) is 31.2 Å². The number of carboxylic acid groups (broad SMARTS) is 1. The van der Waals surface area contributed by atoms with Gasteiger partial charge in [-0.05, 0) is 13.0 Å². The zero-order valence-corrected chi connectivity index (χ0v) is 9.48. The number of fused-ring (bicyclic) bond motifs is 1. The fourth-order valence-corrected chi connectivity index (χ4v) is 1.57. The second kappa shape index (κ2) is 4.90. The van der Waals surface area contributed by atoms with Crippen molar-refractivity contribution in [1.29, 1.82) is 0 Å². The number of hydrogen-bond acceptors (Lipinski definition) is 2. The Morgan fingerprint density at radius 1 is 1.44 bits per heavy atom. The Labute approximate surface area is 98.9 Å². The van der Waals surface area contributed by atoms with Crippen LogP contribution in [0.2, 0.25) is 0 Å². The smallest absolute Gasteiger partial charge is 0.372 e. The Kier molecular flexibility index (Phi) is 3.79. The van der Waals surface area contributed by atoms with Crippen molar-refractivity contribution in [3.63, 3.8) is 0 Å². The highest BCUT2D eigenvalue weighted by molar-refractivity contribution is 5.80. The van der Waals surface area contributed by atoms with Crippen LogP contribution in [0, 0.1) is 6.92 Å². The van der Waals surface area contributed by atoms with E-state index in [0.717, 1.165) is 16.5 Å². The summed E-state index contributed by atoms with van der Waals surface area (Å²) in [6.07, 6.45) is 1.75. The largest absolute Gasteiger partial charge is 1.00 e. The second-order valence-electron chi connectivity index (χ2n) is 3.42. The van der Waals surface area contributed by atoms with Crippen molar-refractivity contribution in [3.8, 4) is 0 Å². The Morgan fingerprint density at radius 2 is 2.12 bits per heavy atom. The standard InChI is InChI=1S/C11H10N2O2.ClH/c1-8-6-13(7-11(14)15)12-10-5-3-2-4-9(8)10;/h2-6H,7H2,1H3;1H. The molecule has 1 aromatic carbocycles. The van der Waals surface area contributed by atoms with Gasteiger partial charge in [0.25, 0.3) is 6.54 Å². The van der Waals surface area contributed by atoms with Crippen LogP contribution in [0.25, 0.3) is 10.9 Å². The van der Waals surface area contributed by atoms with Crippen molar-refractivity contribution in [2.45, 2.75) is 13.5 Å². The normalized spacial score (nSPS) is 9.81. The Bertz CT molecular complexity index is 528. The van der Waals surface area contributed by atoms with Crippen LogP contribution in [-0.4, -0.2) is 16.2 Å². The summed E-state index contributed by atoms with van der Waals surface area (Å²) in [6, 6.07) is 7.68. The van der Waals surface area contributed by atoms with E-state index in [2.05, 4.69) is 5.10 Å². The summed E-state index contributed by atoms with van der Waals surface area (Å²) >= 11 is 0. The lowest BCUT2D eigenvalue weighted by atomic mass is 10.1. The molecule has 0 aliphatic rings. The third-order valence-corrected chi connectivity index (χ3v) is 2.21. The van der Waals surface area contributed by atoms with Gasteiger partial charge in [-0.3, -0.25) is 0 Å². The Hall–Kier alpha value is -1.68. The van der Waals surface area contributed by atoms with Crippen LogP contribution < -0.4 is 17.1 Å². The van der Waals surface area contributed by atoms with Gasteiger partial charge in [0.2, 0.25) is 6.20 Å². The van der Waals surface area contributed by atoms with Gasteiger partial charge in [-0.2, -0.15) is 0 Å². The molecule has 0 spiro atoms. The van der Waals surface area contributed by atoms with Gasteiger partial charge < -0.3 is 17.5 Å². The molecule has 4 nitrogen and oxygen atoms in total. The van der Waals surface area contributed by atoms with E-state index in [1.165, 1.54) is 4.68 Å². The first-order valence-corrected chi connectivity index (χ1v) is 4.65. The highest BCUT2D eigenvalue weighted by Crippen LogP contribution is 2.12. The number of aryl methyl sites for hydroxylation is 1. The lowest BCUT2D eigenvalue weighted by Gasteiger charge is -1.98. The number of aromatic nitrogens is 2. The fraction of sp³-hybridized carbons (Fsp3) is 0.182. The molecule has 0 amide bonds. The lowest BCUT2D eigenvalue weighted by molar-refractivity contribution is -0.741. The van der Waals surface area contributed by atoms with Crippen molar-refractivity contribution in [2.24, 2.45) is 0 Å². The van der Waals surface area contributed by atoms with Crippen LogP contribution in [0.4, 0.5) is 0 Å². The number of benzene rings is 1. The third-order valence-electron chi connectivity index (χ3n) is 2.21. The maximum absolute atomic E-state index is 10.6. The van der Waals surface area contributed by atoms with E-state index in [-0.39, 0.29) is 19.0 Å². The molecule has 0 unspecified atom stereocenters. The molecule has 0 atom stereocenters. The van der Waals surface area contributed by atoms with Gasteiger partial charge in [0, 0.05) is 16.0 Å². The summed E-state index contributed by atoms with van der Waals surface area (Å²) in [6.45, 7) is 1.84. The fourth-order valence-electron chi connectivity index (χ4n) is 1.57. The predicted molar refractivity (Wildman–Crippen MR) is 54.3 cm³/mol. The van der Waals surface area contributed by atoms with Crippen LogP contribution in [0.5, 0.6) is 0 Å². The summed E-state index contributed by atoms with van der Waals surface area (Å²) < 4.78 is 1.44. The first-order valence-electron chi connectivity index (χ1n) is 4.65. The summed E-state index contributed by atoms with van der Waals surface area (Å²) in [5.41, 5.74) is 1.85. The third kappa shape index (κ3) is 2.46. The highest BCUT2D eigenvalue weighted by Gasteiger charge is 2.12. The maximum atomic E-state index is 10.6. The quantitative estimate of drug-likeness (QED) is 0.611. The number of hydrogen-bond donors (Lipinski definition) is 1. The molecule has 0 radical (unpaired) electrons. The summed E-state index contributed by atoms with van der Waals surface area (Å²) in [7, 11) is 0. The molecule has 1 heterocycles. The summed E-state index contributed by atoms with van der Waals surface area (Å²) in [5.74, 6) is -0.887. The number of carbonyl (C=O) groups is 1. The molecule has 5 heteroatoms. The Morgan fingerprint density at radius 3 is 2.81 bits per heavy atom. The molecule has 0 fully saturated rings. The van der Waals surface area contributed by atoms with Crippen molar-refractivity contribution < 1.29 is 27.0 Å². The average molecular weight is 239 g/mol. The van der Waals surface area contributed by atoms with Crippen LogP contribution >= 0.6 is 0 Å². The van der Waals surface area contributed by atoms with Crippen LogP contribution in [0.3, 0.4) is 0 Å². The molecule has 0 bridgehead atoms. The van der Waals surface area contributed by atoms with Crippen LogP contribution in [0.15, 0.2) is 30.5 Å². The first-order chi connectivity index (χ1) is 7.16. The van der Waals surface area contributed by atoms with Crippen molar-refractivity contribution >= 4 is 16.9 Å². The zero-order chi connectivity index (χ0) is 10.8. The molecule has 16 heavy (non-hydrogen) atoms. The van der Waals surface area contributed by atoms with Crippen molar-refractivity contribution in [2.75, 3.05) is 0 Å². The van der Waals surface area contributed by atoms with E-state index in [4.69, 9.17) is 5.11 Å². The second-order valence-corrected chi connectivity index (χ2v) is 3.42. The molecule has 0 saturated heterocycles. The van der Waals surface area contributed by atoms with E-state index in [0.29, 0.717) is 0 Å². The van der Waals surface area contributed by atoms with Crippen molar-refractivity contribution in [3.05, 3.63) is 36.0 Å². The summed E-state index contributed by atoms with van der Waals surface area (Å²) in [4.78, 5) is 10.6. The van der Waals surface area contributed by atoms with Crippen LogP contribution in [0.1, 0.15) is 5.56 Å². The number of nitrogens with zero attached hydrogens (tertiary/aromatic N) is 2. The molecule has 1 N–H and O–H groups in total. The van der Waals surface area contributed by atoms with Gasteiger partial charge in [-0.25, -0.2) is 4.79 Å². The number of aliphatic carboxylic acids is 1. The highest BCUT2D eigenvalue weighted by atomic mass is 35.5. The SMILES string of the molecule is Cc1c[n+](CC(=O)O)nc2ccccc12.[Cl-]. The molecule has 2 aromatic rings. The summed E-state index contributed by atoms with van der Waals surface area (Å²) in [5, 5.41) is 13.9. The first kappa shape index (κ1) is 12.4. The van der Waals surface area contributed by atoms with Gasteiger partial charge in [0.1, 0.15) is 5.52 Å². The van der Waals surface area contributed by atoms with Gasteiger partial charge >= 0.3 is 5.97 Å². The molecule has 0 aliphatic heterocycles. The maximum Gasteiger partial charge on any atom is 0.372 e. The molecule has 1 aromatic heterocycles. The van der Waals surface area contributed by atoms with E-state index in [1.54, 1.807) is 6.20 Å². The number of rotatable bonds is 2. The minimum Gasteiger partial charge on any atom is -1.00 e. The van der Waals surface area contributed by atoms with Gasteiger partial charge in [-0.1, -0.05) is 22.9 Å². The number of carboxylic acids is 1. The monoisotopic (exact) mass is 238 g/mol. The van der Waals surface area contributed by atoms with Gasteiger partial charge in [0.05, 0.1) is 0 Å². The van der Waals surface area contributed by atoms with E-state index in [9.17, 15) is 4.79 Å². The molecule has 0 aliphatic carbocycles. The van der Waals surface area contributed by atoms with Gasteiger partial charge in [0.15, 0.2) is 0 Å². The topological polar surface area (TPSA) is 54.1 Å². The minimum atomic E-state index is -0.887. The minimum absolute atomic E-state index is 0. The lowest BCUT2D eigenvalue weighted by Crippen LogP contribution is -3.00. The molecule has 2 rings (SSSR count). The average Bonchev–Trinajstić information content (AvgIpc) is 2.16. The predicted octanol–water partition coefficient (Wildman–Crippen LogP) is -2.08. The molecule has 84 valence electrons. The Balaban J connectivity index is 0.00000128. The van der Waals surface area contributed by atoms with E-state index >= 15 is 0 Å². The van der Waals surface area contributed by atoms with Crippen LogP contribution in [-0.2, 0) is 11.3 Å². The molecule has 0 saturated carbocycles. The van der Waals surface area contributed by atoms with Crippen molar-refractivity contribution in [1.82, 2.24) is 5.10 Å². The molecular weight excluding hydrogens is 228 g/mol. The molecular formula is C11H11ClN2O2. The number of halogens is 1. The van der Waals surface area contributed by atoms with E-state index < -0.39 is 5.97 Å².